The molecule has 1 aliphatic rings. The first-order chi connectivity index (χ1) is 13.5. The Kier molecular flexibility index (Phi) is 7.67. The van der Waals surface area contributed by atoms with Crippen LogP contribution in [0.5, 0.6) is 0 Å². The third kappa shape index (κ3) is 7.02. The number of nitrogens with one attached hydrogen (secondary N) is 1. The van der Waals surface area contributed by atoms with E-state index in [2.05, 4.69) is 15.3 Å². The summed E-state index contributed by atoms with van der Waals surface area (Å²) in [5, 5.41) is 2.47. The molecule has 1 fully saturated rings. The molecular formula is C18H25ClF3N5O2. The molecule has 0 aliphatic carbocycles. The molecule has 1 aliphatic heterocycles. The normalized spacial score (nSPS) is 16.6. The molecule has 1 atom stereocenters. The van der Waals surface area contributed by atoms with Crippen LogP contribution in [-0.4, -0.2) is 52.0 Å². The van der Waals surface area contributed by atoms with Gasteiger partial charge in [-0.3, -0.25) is 9.59 Å². The standard InChI is InChI=1S/C18H25ClF3N5O2/c1-10(24-14(28)9-18(20,21)22)17(29)27-7-5-12(6-8-27)3-4-13-15(19)25-11(2)26-16(13)23/h10,12H,3-9H2,1-2H3,(H,24,28)(H2,23,25,26)/t10-/m0/s1. The highest BCUT2D eigenvalue weighted by atomic mass is 35.5. The number of likely N-dealkylation sites (tertiary alicyclic amines) is 1. The van der Waals surface area contributed by atoms with Gasteiger partial charge in [-0.1, -0.05) is 11.6 Å². The summed E-state index contributed by atoms with van der Waals surface area (Å²) in [5.74, 6) is -0.342. The third-order valence-electron chi connectivity index (χ3n) is 4.94. The average molecular weight is 436 g/mol. The molecular weight excluding hydrogens is 411 g/mol. The number of aromatic nitrogens is 2. The lowest BCUT2D eigenvalue weighted by atomic mass is 9.90. The maximum Gasteiger partial charge on any atom is 0.397 e. The number of carbonyl (C=O) groups excluding carboxylic acids is 2. The molecule has 2 amide bonds. The molecule has 2 heterocycles. The number of amides is 2. The highest BCUT2D eigenvalue weighted by Gasteiger charge is 2.33. The van der Waals surface area contributed by atoms with Crippen LogP contribution in [0, 0.1) is 12.8 Å². The number of nitrogens with zero attached hydrogens (tertiary/aromatic N) is 3. The van der Waals surface area contributed by atoms with Crippen molar-refractivity contribution < 1.29 is 22.8 Å². The van der Waals surface area contributed by atoms with E-state index in [1.54, 1.807) is 11.8 Å². The minimum atomic E-state index is -4.60. The van der Waals surface area contributed by atoms with Crippen molar-refractivity contribution in [1.82, 2.24) is 20.2 Å². The first kappa shape index (κ1) is 23.2. The Bertz CT molecular complexity index is 728. The van der Waals surface area contributed by atoms with Crippen molar-refractivity contribution in [3.63, 3.8) is 0 Å². The van der Waals surface area contributed by atoms with Crippen LogP contribution in [0.25, 0.3) is 0 Å². The largest absolute Gasteiger partial charge is 0.397 e. The quantitative estimate of drug-likeness (QED) is 0.669. The minimum Gasteiger partial charge on any atom is -0.383 e. The lowest BCUT2D eigenvalue weighted by molar-refractivity contribution is -0.155. The predicted molar refractivity (Wildman–Crippen MR) is 102 cm³/mol. The summed E-state index contributed by atoms with van der Waals surface area (Å²) in [6.45, 7) is 4.07. The second-order valence-electron chi connectivity index (χ2n) is 7.31. The number of nitrogen functional groups attached to an aromatic ring is 1. The molecule has 0 spiro atoms. The fourth-order valence-corrected chi connectivity index (χ4v) is 3.73. The highest BCUT2D eigenvalue weighted by Crippen LogP contribution is 2.27. The minimum absolute atomic E-state index is 0.353. The zero-order valence-corrected chi connectivity index (χ0v) is 17.1. The molecule has 0 unspecified atom stereocenters. The molecule has 7 nitrogen and oxygen atoms in total. The van der Waals surface area contributed by atoms with Gasteiger partial charge in [0, 0.05) is 18.7 Å². The summed E-state index contributed by atoms with van der Waals surface area (Å²) in [5.41, 5.74) is 6.64. The van der Waals surface area contributed by atoms with Crippen LogP contribution < -0.4 is 11.1 Å². The fraction of sp³-hybridized carbons (Fsp3) is 0.667. The first-order valence-electron chi connectivity index (χ1n) is 9.39. The number of aryl methyl sites for hydroxylation is 1. The SMILES string of the molecule is Cc1nc(N)c(CCC2CCN(C(=O)[C@H](C)NC(=O)CC(F)(F)F)CC2)c(Cl)n1. The number of piperidine rings is 1. The van der Waals surface area contributed by atoms with E-state index in [4.69, 9.17) is 17.3 Å². The van der Waals surface area contributed by atoms with Crippen LogP contribution in [0.1, 0.15) is 44.0 Å². The monoisotopic (exact) mass is 435 g/mol. The van der Waals surface area contributed by atoms with Gasteiger partial charge in [-0.25, -0.2) is 9.97 Å². The number of hydrogen-bond donors (Lipinski definition) is 2. The molecule has 29 heavy (non-hydrogen) atoms. The lowest BCUT2D eigenvalue weighted by Crippen LogP contribution is -2.49. The lowest BCUT2D eigenvalue weighted by Gasteiger charge is -2.33. The van der Waals surface area contributed by atoms with E-state index in [0.717, 1.165) is 24.8 Å². The molecule has 1 aromatic rings. The number of rotatable bonds is 6. The Labute approximate surface area is 172 Å². The van der Waals surface area contributed by atoms with Gasteiger partial charge in [0.25, 0.3) is 0 Å². The Balaban J connectivity index is 1.80. The van der Waals surface area contributed by atoms with Gasteiger partial charge in [0.2, 0.25) is 11.8 Å². The number of alkyl halides is 3. The summed E-state index contributed by atoms with van der Waals surface area (Å²) >= 11 is 6.14. The molecule has 3 N–H and O–H groups in total. The van der Waals surface area contributed by atoms with Crippen molar-refractivity contribution >= 4 is 29.2 Å². The highest BCUT2D eigenvalue weighted by molar-refractivity contribution is 6.30. The van der Waals surface area contributed by atoms with E-state index < -0.39 is 24.5 Å². The fourth-order valence-electron chi connectivity index (χ4n) is 3.41. The molecule has 0 saturated carbocycles. The molecule has 0 bridgehead atoms. The summed E-state index contributed by atoms with van der Waals surface area (Å²) in [6, 6.07) is -0.996. The van der Waals surface area contributed by atoms with Crippen molar-refractivity contribution in [3.05, 3.63) is 16.5 Å². The van der Waals surface area contributed by atoms with Gasteiger partial charge < -0.3 is 16.0 Å². The summed E-state index contributed by atoms with van der Waals surface area (Å²) in [4.78, 5) is 33.6. The Morgan fingerprint density at radius 3 is 2.48 bits per heavy atom. The van der Waals surface area contributed by atoms with Gasteiger partial charge in [0.15, 0.2) is 0 Å². The Hall–Kier alpha value is -2.10. The first-order valence-corrected chi connectivity index (χ1v) is 9.77. The molecule has 1 saturated heterocycles. The zero-order valence-electron chi connectivity index (χ0n) is 16.4. The van der Waals surface area contributed by atoms with Crippen molar-refractivity contribution in [3.8, 4) is 0 Å². The van der Waals surface area contributed by atoms with Gasteiger partial charge in [-0.2, -0.15) is 13.2 Å². The van der Waals surface area contributed by atoms with Crippen LogP contribution in [0.3, 0.4) is 0 Å². The maximum atomic E-state index is 12.4. The van der Waals surface area contributed by atoms with Crippen molar-refractivity contribution in [2.45, 2.75) is 58.2 Å². The number of halogens is 4. The van der Waals surface area contributed by atoms with Gasteiger partial charge in [-0.15, -0.1) is 0 Å². The Morgan fingerprint density at radius 2 is 1.93 bits per heavy atom. The summed E-state index contributed by atoms with van der Waals surface area (Å²) < 4.78 is 36.7. The number of nitrogens with two attached hydrogens (primary N) is 1. The second kappa shape index (κ2) is 9.60. The Morgan fingerprint density at radius 1 is 1.31 bits per heavy atom. The average Bonchev–Trinajstić information content (AvgIpc) is 2.59. The van der Waals surface area contributed by atoms with Crippen LogP contribution in [0.2, 0.25) is 5.15 Å². The van der Waals surface area contributed by atoms with E-state index in [9.17, 15) is 22.8 Å². The van der Waals surface area contributed by atoms with Gasteiger partial charge >= 0.3 is 6.18 Å². The third-order valence-corrected chi connectivity index (χ3v) is 5.25. The second-order valence-corrected chi connectivity index (χ2v) is 7.67. The van der Waals surface area contributed by atoms with Crippen molar-refractivity contribution in [1.29, 1.82) is 0 Å². The number of carbonyl (C=O) groups is 2. The van der Waals surface area contributed by atoms with E-state index in [0.29, 0.717) is 42.2 Å². The molecule has 0 radical (unpaired) electrons. The zero-order chi connectivity index (χ0) is 21.8. The molecule has 11 heteroatoms. The number of hydrogen-bond acceptors (Lipinski definition) is 5. The molecule has 1 aromatic heterocycles. The van der Waals surface area contributed by atoms with Gasteiger partial charge in [0.1, 0.15) is 29.3 Å². The topological polar surface area (TPSA) is 101 Å². The molecule has 0 aromatic carbocycles. The van der Waals surface area contributed by atoms with E-state index in [-0.39, 0.29) is 5.91 Å². The smallest absolute Gasteiger partial charge is 0.383 e. The summed E-state index contributed by atoms with van der Waals surface area (Å²) in [6.07, 6.45) is -3.25. The van der Waals surface area contributed by atoms with Crippen LogP contribution in [0.15, 0.2) is 0 Å². The van der Waals surface area contributed by atoms with Crippen molar-refractivity contribution in [2.24, 2.45) is 5.92 Å². The van der Waals surface area contributed by atoms with Gasteiger partial charge in [-0.05, 0) is 45.4 Å². The summed E-state index contributed by atoms with van der Waals surface area (Å²) in [7, 11) is 0. The van der Waals surface area contributed by atoms with Crippen LogP contribution in [-0.2, 0) is 16.0 Å². The van der Waals surface area contributed by atoms with E-state index in [1.165, 1.54) is 6.92 Å². The van der Waals surface area contributed by atoms with E-state index in [1.807, 2.05) is 0 Å². The predicted octanol–water partition coefficient (Wildman–Crippen LogP) is 2.65. The maximum absolute atomic E-state index is 12.4. The van der Waals surface area contributed by atoms with E-state index >= 15 is 0 Å². The van der Waals surface area contributed by atoms with Crippen LogP contribution in [0.4, 0.5) is 19.0 Å². The van der Waals surface area contributed by atoms with Crippen molar-refractivity contribution in [2.75, 3.05) is 18.8 Å². The van der Waals surface area contributed by atoms with Gasteiger partial charge in [0.05, 0.1) is 0 Å². The van der Waals surface area contributed by atoms with Crippen LogP contribution >= 0.6 is 11.6 Å². The number of anilines is 1. The molecule has 162 valence electrons. The molecule has 2 rings (SSSR count).